The summed E-state index contributed by atoms with van der Waals surface area (Å²) in [5.41, 5.74) is 6.85. The number of anilines is 1. The van der Waals surface area contributed by atoms with Gasteiger partial charge in [0.1, 0.15) is 6.10 Å². The average molecular weight is 503 g/mol. The van der Waals surface area contributed by atoms with E-state index in [1.165, 1.54) is 5.56 Å². The van der Waals surface area contributed by atoms with Gasteiger partial charge < -0.3 is 25.3 Å². The van der Waals surface area contributed by atoms with Crippen LogP contribution in [-0.2, 0) is 6.42 Å². The molecule has 2 aromatic heterocycles. The van der Waals surface area contributed by atoms with Crippen LogP contribution in [0, 0.1) is 11.3 Å². The van der Waals surface area contributed by atoms with Gasteiger partial charge >= 0.3 is 5.69 Å². The van der Waals surface area contributed by atoms with Crippen molar-refractivity contribution >= 4 is 16.7 Å². The SMILES string of the molecule is N#Cc1ccc(CCN[C@H](c2ccccc2)[C@@H]2CNc3cc(-c4cccc5[nH]c(=O)[nH]c45)cnc3O2)cc1. The molecule has 0 saturated heterocycles. The molecule has 0 bridgehead atoms. The molecule has 0 unspecified atom stereocenters. The average Bonchev–Trinajstić information content (AvgIpc) is 3.36. The van der Waals surface area contributed by atoms with Crippen molar-refractivity contribution in [1.29, 1.82) is 5.26 Å². The summed E-state index contributed by atoms with van der Waals surface area (Å²) in [4.78, 5) is 22.1. The number of aromatic nitrogens is 3. The van der Waals surface area contributed by atoms with Crippen molar-refractivity contribution in [3.8, 4) is 23.1 Å². The van der Waals surface area contributed by atoms with E-state index < -0.39 is 0 Å². The van der Waals surface area contributed by atoms with E-state index in [9.17, 15) is 4.79 Å². The van der Waals surface area contributed by atoms with Gasteiger partial charge in [-0.15, -0.1) is 0 Å². The van der Waals surface area contributed by atoms with Crippen molar-refractivity contribution in [3.63, 3.8) is 0 Å². The smallest absolute Gasteiger partial charge is 0.323 e. The minimum Gasteiger partial charge on any atom is -0.469 e. The highest BCUT2D eigenvalue weighted by atomic mass is 16.5. The van der Waals surface area contributed by atoms with E-state index >= 15 is 0 Å². The minimum absolute atomic E-state index is 0.0459. The number of H-pyrrole nitrogens is 2. The monoisotopic (exact) mass is 502 g/mol. The predicted molar refractivity (Wildman–Crippen MR) is 147 cm³/mol. The number of nitriles is 1. The highest BCUT2D eigenvalue weighted by Crippen LogP contribution is 2.35. The Hall–Kier alpha value is -4.87. The highest BCUT2D eigenvalue weighted by molar-refractivity contribution is 5.92. The van der Waals surface area contributed by atoms with Crippen LogP contribution < -0.4 is 21.1 Å². The predicted octanol–water partition coefficient (Wildman–Crippen LogP) is 4.54. The molecule has 0 radical (unpaired) electrons. The zero-order valence-electron chi connectivity index (χ0n) is 20.6. The van der Waals surface area contributed by atoms with Gasteiger partial charge in [0.25, 0.3) is 0 Å². The van der Waals surface area contributed by atoms with Gasteiger partial charge in [0.2, 0.25) is 5.88 Å². The number of para-hydroxylation sites is 1. The van der Waals surface area contributed by atoms with Gasteiger partial charge in [-0.1, -0.05) is 54.6 Å². The topological polar surface area (TPSA) is 119 Å². The van der Waals surface area contributed by atoms with Gasteiger partial charge in [0.05, 0.1) is 40.9 Å². The van der Waals surface area contributed by atoms with Gasteiger partial charge in [-0.2, -0.15) is 5.26 Å². The summed E-state index contributed by atoms with van der Waals surface area (Å²) in [5, 5.41) is 16.2. The number of imidazole rings is 1. The van der Waals surface area contributed by atoms with Crippen LogP contribution in [0.15, 0.2) is 89.9 Å². The molecule has 8 heteroatoms. The molecule has 4 N–H and O–H groups in total. The van der Waals surface area contributed by atoms with Crippen molar-refractivity contribution in [2.45, 2.75) is 18.6 Å². The third-order valence-electron chi connectivity index (χ3n) is 6.86. The standard InChI is InChI=1S/C30H26N6O2/c31-16-20-11-9-19(10-12-20)13-14-32-27(21-5-2-1-3-6-21)26-18-33-25-15-22(17-34-29(25)38-26)23-7-4-8-24-28(23)36-30(37)35-24/h1-12,15,17,26-27,32-33H,13-14,18H2,(H2,35,36,37)/t26-,27+/m0/s1. The summed E-state index contributed by atoms with van der Waals surface area (Å²) in [6.07, 6.45) is 2.44. The van der Waals surface area contributed by atoms with E-state index in [2.05, 4.69) is 43.8 Å². The Morgan fingerprint density at radius 1 is 1.05 bits per heavy atom. The Balaban J connectivity index is 1.21. The summed E-state index contributed by atoms with van der Waals surface area (Å²) in [6, 6.07) is 27.8. The molecular formula is C30H26N6O2. The lowest BCUT2D eigenvalue weighted by atomic mass is 9.99. The fraction of sp³-hybridized carbons (Fsp3) is 0.167. The summed E-state index contributed by atoms with van der Waals surface area (Å²) in [6.45, 7) is 1.36. The zero-order valence-corrected chi connectivity index (χ0v) is 20.6. The molecule has 0 fully saturated rings. The van der Waals surface area contributed by atoms with Crippen molar-refractivity contribution < 1.29 is 4.74 Å². The molecule has 0 spiro atoms. The molecule has 3 aromatic carbocycles. The summed E-state index contributed by atoms with van der Waals surface area (Å²) < 4.78 is 6.43. The fourth-order valence-electron chi connectivity index (χ4n) is 4.94. The van der Waals surface area contributed by atoms with Gasteiger partial charge in [-0.05, 0) is 48.4 Å². The quantitative estimate of drug-likeness (QED) is 0.260. The summed E-state index contributed by atoms with van der Waals surface area (Å²) >= 11 is 0. The van der Waals surface area contributed by atoms with Crippen molar-refractivity contribution in [2.24, 2.45) is 0 Å². The molecule has 0 saturated carbocycles. The molecule has 8 nitrogen and oxygen atoms in total. The van der Waals surface area contributed by atoms with Crippen LogP contribution in [0.4, 0.5) is 5.69 Å². The van der Waals surface area contributed by atoms with E-state index in [0.29, 0.717) is 18.0 Å². The molecule has 188 valence electrons. The number of fused-ring (bicyclic) bond motifs is 2. The number of nitrogens with zero attached hydrogens (tertiary/aromatic N) is 2. The van der Waals surface area contributed by atoms with Gasteiger partial charge in [-0.3, -0.25) is 0 Å². The van der Waals surface area contributed by atoms with Crippen LogP contribution in [0.1, 0.15) is 22.7 Å². The zero-order chi connectivity index (χ0) is 25.9. The van der Waals surface area contributed by atoms with Crippen LogP contribution in [0.25, 0.3) is 22.2 Å². The molecule has 38 heavy (non-hydrogen) atoms. The second-order valence-corrected chi connectivity index (χ2v) is 9.32. The first kappa shape index (κ1) is 23.5. The van der Waals surface area contributed by atoms with Crippen LogP contribution in [0.3, 0.4) is 0 Å². The van der Waals surface area contributed by atoms with E-state index in [4.69, 9.17) is 10.00 Å². The largest absolute Gasteiger partial charge is 0.469 e. The fourth-order valence-corrected chi connectivity index (χ4v) is 4.94. The maximum absolute atomic E-state index is 11.8. The number of benzene rings is 3. The molecule has 0 aliphatic carbocycles. The molecule has 1 aliphatic rings. The van der Waals surface area contributed by atoms with Gasteiger partial charge in [-0.25, -0.2) is 9.78 Å². The number of pyridine rings is 1. The highest BCUT2D eigenvalue weighted by Gasteiger charge is 2.29. The third-order valence-corrected chi connectivity index (χ3v) is 6.86. The molecule has 1 aliphatic heterocycles. The maximum Gasteiger partial charge on any atom is 0.323 e. The Bertz CT molecular complexity index is 1670. The van der Waals surface area contributed by atoms with Crippen molar-refractivity contribution in [3.05, 3.63) is 112 Å². The molecule has 2 atom stereocenters. The Kier molecular flexibility index (Phi) is 6.34. The summed E-state index contributed by atoms with van der Waals surface area (Å²) in [5.74, 6) is 0.551. The summed E-state index contributed by atoms with van der Waals surface area (Å²) in [7, 11) is 0. The lowest BCUT2D eigenvalue weighted by Gasteiger charge is -2.33. The number of rotatable bonds is 7. The van der Waals surface area contributed by atoms with E-state index in [-0.39, 0.29) is 17.8 Å². The van der Waals surface area contributed by atoms with Crippen LogP contribution >= 0.6 is 0 Å². The first-order valence-corrected chi connectivity index (χ1v) is 12.6. The number of nitrogens with one attached hydrogen (secondary N) is 4. The van der Waals surface area contributed by atoms with E-state index in [0.717, 1.165) is 46.4 Å². The van der Waals surface area contributed by atoms with E-state index in [1.54, 1.807) is 6.20 Å². The van der Waals surface area contributed by atoms with Gasteiger partial charge in [0, 0.05) is 17.3 Å². The molecule has 0 amide bonds. The van der Waals surface area contributed by atoms with Crippen molar-refractivity contribution in [2.75, 3.05) is 18.4 Å². The van der Waals surface area contributed by atoms with Crippen LogP contribution in [0.5, 0.6) is 5.88 Å². The first-order chi connectivity index (χ1) is 18.7. The Labute approximate surface area is 219 Å². The molecule has 5 aromatic rings. The van der Waals surface area contributed by atoms with Crippen molar-refractivity contribution in [1.82, 2.24) is 20.3 Å². The lowest BCUT2D eigenvalue weighted by molar-refractivity contribution is 0.150. The van der Waals surface area contributed by atoms with Crippen LogP contribution in [0.2, 0.25) is 0 Å². The van der Waals surface area contributed by atoms with Gasteiger partial charge in [0.15, 0.2) is 0 Å². The Morgan fingerprint density at radius 3 is 2.71 bits per heavy atom. The Morgan fingerprint density at radius 2 is 1.89 bits per heavy atom. The maximum atomic E-state index is 11.8. The molecule has 3 heterocycles. The van der Waals surface area contributed by atoms with E-state index in [1.807, 2.05) is 66.7 Å². The molecule has 6 rings (SSSR count). The second kappa shape index (κ2) is 10.2. The molecular weight excluding hydrogens is 476 g/mol. The third kappa shape index (κ3) is 4.75. The number of ether oxygens (including phenoxy) is 1. The second-order valence-electron chi connectivity index (χ2n) is 9.32. The number of hydrogen-bond acceptors (Lipinski definition) is 6. The number of aromatic amines is 2. The van der Waals surface area contributed by atoms with Crippen LogP contribution in [-0.4, -0.2) is 34.1 Å². The first-order valence-electron chi connectivity index (χ1n) is 12.6. The normalized spacial score (nSPS) is 15.2. The minimum atomic E-state index is -0.235. The number of hydrogen-bond donors (Lipinski definition) is 4. The lowest BCUT2D eigenvalue weighted by Crippen LogP contribution is -2.43.